The van der Waals surface area contributed by atoms with Crippen LogP contribution >= 0.6 is 0 Å². The quantitative estimate of drug-likeness (QED) is 0.715. The van der Waals surface area contributed by atoms with E-state index in [9.17, 15) is 13.6 Å². The standard InChI is InChI=1S/C10H11F2NO/c1-7-4-3-5-8(6-7)13(2)10(14)9(11)12/h3-6,9H,1-2H3. The number of alkyl halides is 2. The Morgan fingerprint density at radius 2 is 2.07 bits per heavy atom. The number of amides is 1. The molecular formula is C10H11F2NO. The smallest absolute Gasteiger partial charge is 0.311 e. The van der Waals surface area contributed by atoms with E-state index in [-0.39, 0.29) is 0 Å². The van der Waals surface area contributed by atoms with Gasteiger partial charge in [0.25, 0.3) is 5.91 Å². The van der Waals surface area contributed by atoms with E-state index >= 15 is 0 Å². The number of anilines is 1. The zero-order valence-corrected chi connectivity index (χ0v) is 8.00. The summed E-state index contributed by atoms with van der Waals surface area (Å²) < 4.78 is 24.1. The third-order valence-electron chi connectivity index (χ3n) is 1.91. The van der Waals surface area contributed by atoms with E-state index in [0.717, 1.165) is 10.5 Å². The first kappa shape index (κ1) is 10.6. The number of aryl methyl sites for hydroxylation is 1. The van der Waals surface area contributed by atoms with Crippen molar-refractivity contribution < 1.29 is 13.6 Å². The average Bonchev–Trinajstić information content (AvgIpc) is 2.15. The van der Waals surface area contributed by atoms with Crippen molar-refractivity contribution in [2.45, 2.75) is 13.3 Å². The zero-order valence-electron chi connectivity index (χ0n) is 8.00. The molecule has 14 heavy (non-hydrogen) atoms. The van der Waals surface area contributed by atoms with Crippen molar-refractivity contribution in [3.8, 4) is 0 Å². The van der Waals surface area contributed by atoms with E-state index in [2.05, 4.69) is 0 Å². The summed E-state index contributed by atoms with van der Waals surface area (Å²) in [6.07, 6.45) is -2.96. The molecule has 0 radical (unpaired) electrons. The molecule has 1 amide bonds. The van der Waals surface area contributed by atoms with Gasteiger partial charge in [0, 0.05) is 12.7 Å². The third kappa shape index (κ3) is 2.28. The maximum Gasteiger partial charge on any atom is 0.316 e. The molecule has 0 N–H and O–H groups in total. The summed E-state index contributed by atoms with van der Waals surface area (Å²) in [4.78, 5) is 11.9. The van der Waals surface area contributed by atoms with E-state index in [1.807, 2.05) is 13.0 Å². The lowest BCUT2D eigenvalue weighted by atomic mass is 10.2. The van der Waals surface area contributed by atoms with Crippen LogP contribution in [0.5, 0.6) is 0 Å². The van der Waals surface area contributed by atoms with Crippen LogP contribution in [0.3, 0.4) is 0 Å². The van der Waals surface area contributed by atoms with Crippen LogP contribution < -0.4 is 4.90 Å². The molecule has 0 unspecified atom stereocenters. The van der Waals surface area contributed by atoms with Crippen LogP contribution in [0, 0.1) is 6.92 Å². The normalized spacial score (nSPS) is 10.4. The summed E-state index contributed by atoms with van der Waals surface area (Å²) >= 11 is 0. The van der Waals surface area contributed by atoms with Gasteiger partial charge in [0.15, 0.2) is 0 Å². The first-order valence-electron chi connectivity index (χ1n) is 4.15. The Balaban J connectivity index is 2.89. The number of hydrogen-bond donors (Lipinski definition) is 0. The highest BCUT2D eigenvalue weighted by Gasteiger charge is 2.20. The van der Waals surface area contributed by atoms with Gasteiger partial charge in [-0.05, 0) is 24.6 Å². The summed E-state index contributed by atoms with van der Waals surface area (Å²) in [5, 5.41) is 0. The monoisotopic (exact) mass is 199 g/mol. The molecule has 0 bridgehead atoms. The molecule has 0 heterocycles. The maximum atomic E-state index is 12.1. The summed E-state index contributed by atoms with van der Waals surface area (Å²) in [5.74, 6) is -1.18. The highest BCUT2D eigenvalue weighted by Crippen LogP contribution is 2.15. The van der Waals surface area contributed by atoms with Gasteiger partial charge < -0.3 is 4.90 Å². The Bertz CT molecular complexity index is 339. The van der Waals surface area contributed by atoms with E-state index in [1.54, 1.807) is 18.2 Å². The molecule has 0 spiro atoms. The van der Waals surface area contributed by atoms with Crippen molar-refractivity contribution >= 4 is 11.6 Å². The lowest BCUT2D eigenvalue weighted by molar-refractivity contribution is -0.128. The second kappa shape index (κ2) is 4.17. The summed E-state index contributed by atoms with van der Waals surface area (Å²) in [7, 11) is 1.34. The maximum absolute atomic E-state index is 12.1. The highest BCUT2D eigenvalue weighted by molar-refractivity contribution is 5.95. The minimum absolute atomic E-state index is 0.482. The van der Waals surface area contributed by atoms with Gasteiger partial charge in [-0.2, -0.15) is 8.78 Å². The molecule has 0 aliphatic heterocycles. The summed E-state index contributed by atoms with van der Waals surface area (Å²) in [6, 6.07) is 6.86. The molecular weight excluding hydrogens is 188 g/mol. The molecule has 1 aromatic carbocycles. The van der Waals surface area contributed by atoms with Crippen molar-refractivity contribution in [3.05, 3.63) is 29.8 Å². The van der Waals surface area contributed by atoms with Gasteiger partial charge >= 0.3 is 6.43 Å². The summed E-state index contributed by atoms with van der Waals surface area (Å²) in [5.41, 5.74) is 1.41. The SMILES string of the molecule is Cc1cccc(N(C)C(=O)C(F)F)c1. The zero-order chi connectivity index (χ0) is 10.7. The van der Waals surface area contributed by atoms with E-state index in [4.69, 9.17) is 0 Å². The Kier molecular flexibility index (Phi) is 3.17. The van der Waals surface area contributed by atoms with Crippen molar-refractivity contribution in [2.75, 3.05) is 11.9 Å². The van der Waals surface area contributed by atoms with Crippen molar-refractivity contribution in [1.82, 2.24) is 0 Å². The van der Waals surface area contributed by atoms with Crippen LogP contribution in [0.1, 0.15) is 5.56 Å². The van der Waals surface area contributed by atoms with E-state index in [1.165, 1.54) is 7.05 Å². The number of benzene rings is 1. The second-order valence-corrected chi connectivity index (χ2v) is 3.04. The summed E-state index contributed by atoms with van der Waals surface area (Å²) in [6.45, 7) is 1.84. The highest BCUT2D eigenvalue weighted by atomic mass is 19.3. The minimum Gasteiger partial charge on any atom is -0.311 e. The number of rotatable bonds is 2. The van der Waals surface area contributed by atoms with Crippen molar-refractivity contribution in [2.24, 2.45) is 0 Å². The van der Waals surface area contributed by atoms with Crippen LogP contribution in [0.25, 0.3) is 0 Å². The second-order valence-electron chi connectivity index (χ2n) is 3.04. The third-order valence-corrected chi connectivity index (χ3v) is 1.91. The topological polar surface area (TPSA) is 20.3 Å². The molecule has 76 valence electrons. The van der Waals surface area contributed by atoms with Gasteiger partial charge in [0.05, 0.1) is 0 Å². The predicted octanol–water partition coefficient (Wildman–Crippen LogP) is 2.22. The van der Waals surface area contributed by atoms with Crippen LogP contribution in [-0.4, -0.2) is 19.4 Å². The molecule has 0 saturated heterocycles. The first-order valence-corrected chi connectivity index (χ1v) is 4.15. The molecule has 1 aromatic rings. The van der Waals surface area contributed by atoms with Gasteiger partial charge in [-0.3, -0.25) is 4.79 Å². The fraction of sp³-hybridized carbons (Fsp3) is 0.300. The van der Waals surface area contributed by atoms with Crippen LogP contribution in [-0.2, 0) is 4.79 Å². The predicted molar refractivity (Wildman–Crippen MR) is 50.6 cm³/mol. The molecule has 0 aliphatic carbocycles. The number of halogens is 2. The lowest BCUT2D eigenvalue weighted by Gasteiger charge is -2.16. The molecule has 0 fully saturated rings. The number of nitrogens with zero attached hydrogens (tertiary/aromatic N) is 1. The van der Waals surface area contributed by atoms with E-state index < -0.39 is 12.3 Å². The molecule has 0 atom stereocenters. The Morgan fingerprint density at radius 1 is 1.43 bits per heavy atom. The van der Waals surface area contributed by atoms with Gasteiger partial charge in [0.1, 0.15) is 0 Å². The number of carbonyl (C=O) groups is 1. The van der Waals surface area contributed by atoms with Crippen molar-refractivity contribution in [1.29, 1.82) is 0 Å². The number of carbonyl (C=O) groups excluding carboxylic acids is 1. The first-order chi connectivity index (χ1) is 6.52. The average molecular weight is 199 g/mol. The molecule has 0 aromatic heterocycles. The minimum atomic E-state index is -2.96. The largest absolute Gasteiger partial charge is 0.316 e. The van der Waals surface area contributed by atoms with Gasteiger partial charge in [0.2, 0.25) is 0 Å². The Hall–Kier alpha value is -1.45. The van der Waals surface area contributed by atoms with Crippen molar-refractivity contribution in [3.63, 3.8) is 0 Å². The van der Waals surface area contributed by atoms with Gasteiger partial charge in [-0.1, -0.05) is 12.1 Å². The Labute approximate surface area is 81.1 Å². The fourth-order valence-corrected chi connectivity index (χ4v) is 1.11. The molecule has 0 aliphatic rings. The van der Waals surface area contributed by atoms with Gasteiger partial charge in [-0.15, -0.1) is 0 Å². The number of hydrogen-bond acceptors (Lipinski definition) is 1. The van der Waals surface area contributed by atoms with E-state index in [0.29, 0.717) is 5.69 Å². The molecule has 2 nitrogen and oxygen atoms in total. The Morgan fingerprint density at radius 3 is 2.57 bits per heavy atom. The molecule has 0 saturated carbocycles. The van der Waals surface area contributed by atoms with Crippen LogP contribution in [0.4, 0.5) is 14.5 Å². The van der Waals surface area contributed by atoms with Crippen LogP contribution in [0.2, 0.25) is 0 Å². The lowest BCUT2D eigenvalue weighted by Crippen LogP contribution is -2.31. The molecule has 4 heteroatoms. The van der Waals surface area contributed by atoms with Crippen LogP contribution in [0.15, 0.2) is 24.3 Å². The fourth-order valence-electron chi connectivity index (χ4n) is 1.11. The van der Waals surface area contributed by atoms with Gasteiger partial charge in [-0.25, -0.2) is 0 Å². The molecule has 1 rings (SSSR count).